The average Bonchev–Trinajstić information content (AvgIpc) is 3.54. The number of furan rings is 1. The summed E-state index contributed by atoms with van der Waals surface area (Å²) in [5.41, 5.74) is 12.0. The zero-order valence-corrected chi connectivity index (χ0v) is 23.1. The molecule has 1 aliphatic rings. The summed E-state index contributed by atoms with van der Waals surface area (Å²) >= 11 is 0. The monoisotopic (exact) mass is 592 g/mol. The number of guanidine groups is 1. The molecule has 0 unspecified atom stereocenters. The number of methoxy groups -OCH3 is 2. The van der Waals surface area contributed by atoms with Crippen molar-refractivity contribution in [1.29, 1.82) is 0 Å². The van der Waals surface area contributed by atoms with Crippen LogP contribution in [0.3, 0.4) is 0 Å². The van der Waals surface area contributed by atoms with Gasteiger partial charge in [0.1, 0.15) is 22.6 Å². The molecule has 2 heterocycles. The SMILES string of the molecule is COc1cc(/C=C2/Oc3cc4occc4c(OC)c3C2=O)ccc1OCC(=O)Nc1ccc(S(=O)(=O)N=C(N)N)cc1. The Morgan fingerprint density at radius 1 is 1.02 bits per heavy atom. The number of sulfonamides is 1. The molecule has 5 N–H and O–H groups in total. The van der Waals surface area contributed by atoms with E-state index in [1.54, 1.807) is 36.4 Å². The number of nitrogens with two attached hydrogens (primary N) is 2. The van der Waals surface area contributed by atoms with Crippen molar-refractivity contribution in [3.8, 4) is 23.0 Å². The fourth-order valence-corrected chi connectivity index (χ4v) is 5.10. The van der Waals surface area contributed by atoms with Crippen LogP contribution in [0, 0.1) is 0 Å². The van der Waals surface area contributed by atoms with Gasteiger partial charge in [-0.05, 0) is 54.1 Å². The number of benzene rings is 3. The van der Waals surface area contributed by atoms with E-state index in [9.17, 15) is 18.0 Å². The molecule has 3 aromatic carbocycles. The van der Waals surface area contributed by atoms with Gasteiger partial charge in [-0.1, -0.05) is 6.07 Å². The quantitative estimate of drug-likeness (QED) is 0.147. The minimum Gasteiger partial charge on any atom is -0.495 e. The molecule has 14 heteroatoms. The lowest BCUT2D eigenvalue weighted by molar-refractivity contribution is -0.118. The van der Waals surface area contributed by atoms with E-state index in [1.807, 2.05) is 0 Å². The average molecular weight is 593 g/mol. The maximum absolute atomic E-state index is 13.2. The molecule has 1 aromatic heterocycles. The molecule has 5 rings (SSSR count). The molecule has 13 nitrogen and oxygen atoms in total. The van der Waals surface area contributed by atoms with Crippen LogP contribution < -0.4 is 35.7 Å². The van der Waals surface area contributed by atoms with Gasteiger partial charge in [-0.15, -0.1) is 4.40 Å². The van der Waals surface area contributed by atoms with Gasteiger partial charge in [0.2, 0.25) is 11.7 Å². The Morgan fingerprint density at radius 2 is 1.79 bits per heavy atom. The number of Topliss-reactive ketones (excluding diaryl/α,β-unsaturated/α-hetero) is 1. The van der Waals surface area contributed by atoms with Crippen LogP contribution in [0.25, 0.3) is 17.0 Å². The Morgan fingerprint density at radius 3 is 2.48 bits per heavy atom. The predicted molar refractivity (Wildman–Crippen MR) is 152 cm³/mol. The number of rotatable bonds is 9. The number of nitrogens with zero attached hydrogens (tertiary/aromatic N) is 1. The Balaban J connectivity index is 1.26. The minimum atomic E-state index is -4.05. The first-order valence-electron chi connectivity index (χ1n) is 12.2. The number of ketones is 1. The third-order valence-corrected chi connectivity index (χ3v) is 7.38. The molecular weight excluding hydrogens is 568 g/mol. The number of allylic oxidation sites excluding steroid dienone is 1. The first-order valence-corrected chi connectivity index (χ1v) is 13.6. The van der Waals surface area contributed by atoms with Crippen molar-refractivity contribution in [2.24, 2.45) is 15.9 Å². The number of carbonyl (C=O) groups is 2. The van der Waals surface area contributed by atoms with Gasteiger partial charge in [0.05, 0.1) is 30.8 Å². The lowest BCUT2D eigenvalue weighted by atomic mass is 10.1. The van der Waals surface area contributed by atoms with Crippen molar-refractivity contribution >= 4 is 50.4 Å². The second kappa shape index (κ2) is 11.2. The van der Waals surface area contributed by atoms with E-state index in [4.69, 9.17) is 34.8 Å². The number of fused-ring (bicyclic) bond motifs is 2. The largest absolute Gasteiger partial charge is 0.495 e. The van der Waals surface area contributed by atoms with Crippen molar-refractivity contribution < 1.29 is 41.4 Å². The smallest absolute Gasteiger partial charge is 0.285 e. The van der Waals surface area contributed by atoms with Crippen LogP contribution in [-0.2, 0) is 14.8 Å². The molecule has 42 heavy (non-hydrogen) atoms. The number of nitrogens with one attached hydrogen (secondary N) is 1. The van der Waals surface area contributed by atoms with E-state index in [0.29, 0.717) is 45.0 Å². The predicted octanol–water partition coefficient (Wildman–Crippen LogP) is 3.05. The lowest BCUT2D eigenvalue weighted by Crippen LogP contribution is -2.24. The van der Waals surface area contributed by atoms with Crippen molar-refractivity contribution in [3.63, 3.8) is 0 Å². The molecule has 1 aliphatic heterocycles. The summed E-state index contributed by atoms with van der Waals surface area (Å²) in [6, 6.07) is 13.5. The van der Waals surface area contributed by atoms with Crippen LogP contribution in [0.1, 0.15) is 15.9 Å². The first kappa shape index (κ1) is 28.0. The summed E-state index contributed by atoms with van der Waals surface area (Å²) < 4.78 is 55.0. The summed E-state index contributed by atoms with van der Waals surface area (Å²) in [6.45, 7) is -0.372. The Bertz CT molecular complexity index is 1870. The molecule has 1 amide bonds. The van der Waals surface area contributed by atoms with Gasteiger partial charge in [0, 0.05) is 11.8 Å². The van der Waals surface area contributed by atoms with E-state index >= 15 is 0 Å². The van der Waals surface area contributed by atoms with E-state index in [-0.39, 0.29) is 28.8 Å². The summed E-state index contributed by atoms with van der Waals surface area (Å²) in [6.07, 6.45) is 3.06. The second-order valence-corrected chi connectivity index (χ2v) is 10.4. The third-order valence-electron chi connectivity index (χ3n) is 6.06. The Labute approximate surface area is 239 Å². The van der Waals surface area contributed by atoms with Crippen LogP contribution in [-0.4, -0.2) is 46.9 Å². The number of carbonyl (C=O) groups excluding carboxylic acids is 2. The second-order valence-electron chi connectivity index (χ2n) is 8.82. The van der Waals surface area contributed by atoms with Gasteiger partial charge in [-0.2, -0.15) is 8.42 Å². The van der Waals surface area contributed by atoms with Crippen molar-refractivity contribution in [3.05, 3.63) is 77.7 Å². The molecule has 0 saturated heterocycles. The van der Waals surface area contributed by atoms with Gasteiger partial charge in [-0.25, -0.2) is 0 Å². The van der Waals surface area contributed by atoms with Gasteiger partial charge in [-0.3, -0.25) is 9.59 Å². The van der Waals surface area contributed by atoms with E-state index in [2.05, 4.69) is 9.71 Å². The molecule has 0 fully saturated rings. The highest BCUT2D eigenvalue weighted by atomic mass is 32.2. The number of ether oxygens (including phenoxy) is 4. The molecule has 216 valence electrons. The normalized spacial score (nSPS) is 13.4. The first-order chi connectivity index (χ1) is 20.1. The summed E-state index contributed by atoms with van der Waals surface area (Å²) in [5.74, 6) is -0.0737. The summed E-state index contributed by atoms with van der Waals surface area (Å²) in [4.78, 5) is 25.5. The highest BCUT2D eigenvalue weighted by Gasteiger charge is 2.33. The zero-order valence-electron chi connectivity index (χ0n) is 22.2. The lowest BCUT2D eigenvalue weighted by Gasteiger charge is -2.12. The highest BCUT2D eigenvalue weighted by Crippen LogP contribution is 2.43. The van der Waals surface area contributed by atoms with Crippen LogP contribution in [0.15, 0.2) is 80.3 Å². The van der Waals surface area contributed by atoms with Gasteiger partial charge < -0.3 is 40.1 Å². The number of anilines is 1. The topological polar surface area (TPSA) is 195 Å². The maximum Gasteiger partial charge on any atom is 0.285 e. The highest BCUT2D eigenvalue weighted by molar-refractivity contribution is 7.90. The van der Waals surface area contributed by atoms with Crippen LogP contribution in [0.2, 0.25) is 0 Å². The van der Waals surface area contributed by atoms with E-state index in [1.165, 1.54) is 44.7 Å². The fourth-order valence-electron chi connectivity index (χ4n) is 4.24. The van der Waals surface area contributed by atoms with E-state index < -0.39 is 21.9 Å². The molecule has 4 aromatic rings. The number of hydrogen-bond acceptors (Lipinski definition) is 9. The standard InChI is InChI=1S/C28H24N4O9S/c1-37-21-11-15(12-23-26(34)25-22(41-23)13-20-18(9-10-39-20)27(25)38-2)3-8-19(21)40-14-24(33)31-16-4-6-17(7-5-16)42(35,36)32-28(29)30/h3-13H,14H2,1-2H3,(H,31,33)(H4,29,30,32)/b23-12+. The Hall–Kier alpha value is -5.50. The summed E-state index contributed by atoms with van der Waals surface area (Å²) in [5, 5.41) is 3.26. The van der Waals surface area contributed by atoms with Gasteiger partial charge in [0.25, 0.3) is 15.9 Å². The summed E-state index contributed by atoms with van der Waals surface area (Å²) in [7, 11) is -1.14. The molecular formula is C28H24N4O9S. The van der Waals surface area contributed by atoms with Gasteiger partial charge >= 0.3 is 0 Å². The van der Waals surface area contributed by atoms with Crippen molar-refractivity contribution in [1.82, 2.24) is 0 Å². The van der Waals surface area contributed by atoms with Crippen LogP contribution in [0.4, 0.5) is 5.69 Å². The van der Waals surface area contributed by atoms with Crippen LogP contribution >= 0.6 is 0 Å². The third kappa shape index (κ3) is 5.55. The van der Waals surface area contributed by atoms with Gasteiger partial charge in [0.15, 0.2) is 23.9 Å². The zero-order chi connectivity index (χ0) is 30.0. The molecule has 0 atom stereocenters. The van der Waals surface area contributed by atoms with Crippen molar-refractivity contribution in [2.45, 2.75) is 4.90 Å². The minimum absolute atomic E-state index is 0.0863. The Kier molecular flexibility index (Phi) is 7.46. The fraction of sp³-hybridized carbons (Fsp3) is 0.107. The number of hydrogen-bond donors (Lipinski definition) is 3. The molecule has 0 bridgehead atoms. The number of amides is 1. The van der Waals surface area contributed by atoms with Crippen LogP contribution in [0.5, 0.6) is 23.0 Å². The molecule has 0 spiro atoms. The molecule has 0 radical (unpaired) electrons. The molecule has 0 aliphatic carbocycles. The maximum atomic E-state index is 13.2. The van der Waals surface area contributed by atoms with Crippen molar-refractivity contribution in [2.75, 3.05) is 26.1 Å². The molecule has 0 saturated carbocycles. The van der Waals surface area contributed by atoms with E-state index in [0.717, 1.165) is 0 Å².